The minimum Gasteiger partial charge on any atom is -0.356 e. The van der Waals surface area contributed by atoms with Crippen LogP contribution in [-0.4, -0.2) is 35.0 Å². The zero-order valence-corrected chi connectivity index (χ0v) is 19.0. The number of halogens is 1. The summed E-state index contributed by atoms with van der Waals surface area (Å²) >= 11 is 0. The largest absolute Gasteiger partial charge is 0.356 e. The third kappa shape index (κ3) is 6.70. The van der Waals surface area contributed by atoms with Gasteiger partial charge in [0.2, 0.25) is 10.0 Å². The summed E-state index contributed by atoms with van der Waals surface area (Å²) in [5.74, 6) is 0.807. The van der Waals surface area contributed by atoms with Gasteiger partial charge < -0.3 is 10.6 Å². The number of sulfonamides is 1. The first kappa shape index (κ1) is 23.2. The van der Waals surface area contributed by atoms with Crippen LogP contribution in [0.25, 0.3) is 0 Å². The Kier molecular flexibility index (Phi) is 9.32. The van der Waals surface area contributed by atoms with E-state index in [4.69, 9.17) is 0 Å². The molecule has 1 aromatic rings. The lowest BCUT2D eigenvalue weighted by atomic mass is 9.67. The molecule has 1 aromatic carbocycles. The first-order valence-electron chi connectivity index (χ1n) is 8.85. The van der Waals surface area contributed by atoms with E-state index in [1.807, 2.05) is 24.3 Å². The van der Waals surface area contributed by atoms with E-state index in [0.29, 0.717) is 12.0 Å². The summed E-state index contributed by atoms with van der Waals surface area (Å²) in [5, 5.41) is 6.75. The first-order chi connectivity index (χ1) is 11.9. The molecule has 1 aliphatic carbocycles. The van der Waals surface area contributed by atoms with E-state index in [0.717, 1.165) is 23.6 Å². The lowest BCUT2D eigenvalue weighted by Gasteiger charge is -2.41. The molecule has 0 bridgehead atoms. The lowest BCUT2D eigenvalue weighted by molar-refractivity contribution is 0.131. The van der Waals surface area contributed by atoms with Gasteiger partial charge in [0, 0.05) is 20.1 Å². The van der Waals surface area contributed by atoms with Gasteiger partial charge >= 0.3 is 0 Å². The molecule has 3 N–H and O–H groups in total. The molecule has 8 heteroatoms. The van der Waals surface area contributed by atoms with Crippen molar-refractivity contribution < 1.29 is 8.42 Å². The number of hydrogen-bond acceptors (Lipinski definition) is 3. The van der Waals surface area contributed by atoms with Crippen molar-refractivity contribution in [2.24, 2.45) is 10.4 Å². The van der Waals surface area contributed by atoms with Crippen molar-refractivity contribution in [3.63, 3.8) is 0 Å². The Morgan fingerprint density at radius 3 is 2.23 bits per heavy atom. The number of nitrogens with one attached hydrogen (secondary N) is 3. The van der Waals surface area contributed by atoms with Crippen LogP contribution in [0.1, 0.15) is 43.7 Å². The third-order valence-electron chi connectivity index (χ3n) is 5.17. The van der Waals surface area contributed by atoms with Gasteiger partial charge in [-0.25, -0.2) is 13.1 Å². The van der Waals surface area contributed by atoms with E-state index in [9.17, 15) is 8.42 Å². The highest BCUT2D eigenvalue weighted by Gasteiger charge is 2.34. The fraction of sp³-hybridized carbons (Fsp3) is 0.611. The van der Waals surface area contributed by atoms with E-state index >= 15 is 0 Å². The van der Waals surface area contributed by atoms with Crippen LogP contribution in [0.15, 0.2) is 29.3 Å². The Bertz CT molecular complexity index is 680. The van der Waals surface area contributed by atoms with E-state index in [1.165, 1.54) is 32.7 Å². The molecule has 0 aromatic heterocycles. The second kappa shape index (κ2) is 10.5. The van der Waals surface area contributed by atoms with E-state index < -0.39 is 10.0 Å². The predicted octanol–water partition coefficient (Wildman–Crippen LogP) is 2.60. The van der Waals surface area contributed by atoms with Gasteiger partial charge in [0.15, 0.2) is 5.96 Å². The van der Waals surface area contributed by atoms with Gasteiger partial charge in [-0.05, 0) is 42.9 Å². The molecule has 0 aliphatic heterocycles. The molecule has 1 aliphatic rings. The van der Waals surface area contributed by atoms with Gasteiger partial charge in [0.25, 0.3) is 0 Å². The van der Waals surface area contributed by atoms with Crippen LogP contribution in [0, 0.1) is 5.41 Å². The van der Waals surface area contributed by atoms with Gasteiger partial charge in [-0.2, -0.15) is 0 Å². The molecular formula is C18H31IN4O2S. The summed E-state index contributed by atoms with van der Waals surface area (Å²) in [7, 11) is -0.0235. The number of rotatable bonds is 8. The number of hydrogen-bond donors (Lipinski definition) is 3. The summed E-state index contributed by atoms with van der Waals surface area (Å²) in [6, 6.07) is 7.59. The zero-order chi connectivity index (χ0) is 18.3. The normalized spacial score (nSPS) is 16.3. The minimum atomic E-state index is -3.23. The van der Waals surface area contributed by atoms with Crippen LogP contribution in [0.5, 0.6) is 0 Å². The van der Waals surface area contributed by atoms with Gasteiger partial charge in [-0.15, -0.1) is 24.0 Å². The van der Waals surface area contributed by atoms with Crippen LogP contribution in [0.2, 0.25) is 0 Å². The number of guanidine groups is 1. The highest BCUT2D eigenvalue weighted by atomic mass is 127. The highest BCUT2D eigenvalue weighted by molar-refractivity contribution is 14.0. The van der Waals surface area contributed by atoms with Crippen molar-refractivity contribution in [1.82, 2.24) is 15.4 Å². The summed E-state index contributed by atoms with van der Waals surface area (Å²) in [5.41, 5.74) is 2.30. The maximum atomic E-state index is 11.6. The van der Waals surface area contributed by atoms with Gasteiger partial charge in [-0.3, -0.25) is 4.99 Å². The Morgan fingerprint density at radius 1 is 1.15 bits per heavy atom. The lowest BCUT2D eigenvalue weighted by Crippen LogP contribution is -2.46. The SMILES string of the molecule is CCC1(CNC(=NC)NCc2ccc(CS(=O)(=O)NC)cc2)CCC1.I. The fourth-order valence-corrected chi connectivity index (χ4v) is 3.83. The van der Waals surface area contributed by atoms with Crippen LogP contribution >= 0.6 is 24.0 Å². The van der Waals surface area contributed by atoms with E-state index in [-0.39, 0.29) is 29.7 Å². The Hall–Kier alpha value is -0.870. The van der Waals surface area contributed by atoms with Crippen molar-refractivity contribution in [2.45, 2.75) is 44.9 Å². The molecule has 0 spiro atoms. The van der Waals surface area contributed by atoms with Crippen LogP contribution in [-0.2, 0) is 22.3 Å². The molecule has 0 unspecified atom stereocenters. The molecule has 1 fully saturated rings. The number of benzene rings is 1. The molecule has 2 rings (SSSR count). The Labute approximate surface area is 174 Å². The molecule has 26 heavy (non-hydrogen) atoms. The Balaban J connectivity index is 0.00000338. The average Bonchev–Trinajstić information content (AvgIpc) is 2.58. The smallest absolute Gasteiger partial charge is 0.215 e. The minimum absolute atomic E-state index is 0. The highest BCUT2D eigenvalue weighted by Crippen LogP contribution is 2.42. The molecule has 0 amide bonds. The standard InChI is InChI=1S/C18H30N4O2S.HI/c1-4-18(10-5-11-18)14-22-17(19-2)21-12-15-6-8-16(9-7-15)13-25(23,24)20-3;/h6-9,20H,4-5,10-14H2,1-3H3,(H2,19,21,22);1H. The second-order valence-electron chi connectivity index (χ2n) is 6.77. The van der Waals surface area contributed by atoms with Crippen LogP contribution in [0.3, 0.4) is 0 Å². The fourth-order valence-electron chi connectivity index (χ4n) is 3.05. The molecule has 1 saturated carbocycles. The van der Waals surface area contributed by atoms with Crippen molar-refractivity contribution in [3.8, 4) is 0 Å². The molecule has 148 valence electrons. The first-order valence-corrected chi connectivity index (χ1v) is 10.5. The Morgan fingerprint density at radius 2 is 1.77 bits per heavy atom. The maximum absolute atomic E-state index is 11.6. The quantitative estimate of drug-likeness (QED) is 0.295. The summed E-state index contributed by atoms with van der Waals surface area (Å²) in [4.78, 5) is 4.28. The summed E-state index contributed by atoms with van der Waals surface area (Å²) < 4.78 is 25.5. The van der Waals surface area contributed by atoms with E-state index in [2.05, 4.69) is 27.3 Å². The van der Waals surface area contributed by atoms with Gasteiger partial charge in [-0.1, -0.05) is 37.6 Å². The van der Waals surface area contributed by atoms with Gasteiger partial charge in [0.1, 0.15) is 0 Å². The van der Waals surface area contributed by atoms with Crippen LogP contribution in [0.4, 0.5) is 0 Å². The number of aliphatic imine (C=N–C) groups is 1. The molecule has 6 nitrogen and oxygen atoms in total. The molecule has 0 atom stereocenters. The van der Waals surface area contributed by atoms with Crippen molar-refractivity contribution in [2.75, 3.05) is 20.6 Å². The van der Waals surface area contributed by atoms with Gasteiger partial charge in [0.05, 0.1) is 5.75 Å². The van der Waals surface area contributed by atoms with Crippen LogP contribution < -0.4 is 15.4 Å². The summed E-state index contributed by atoms with van der Waals surface area (Å²) in [6.07, 6.45) is 5.13. The summed E-state index contributed by atoms with van der Waals surface area (Å²) in [6.45, 7) is 3.87. The molecule has 0 heterocycles. The number of nitrogens with zero attached hydrogens (tertiary/aromatic N) is 1. The van der Waals surface area contributed by atoms with E-state index in [1.54, 1.807) is 7.05 Å². The average molecular weight is 494 g/mol. The van der Waals surface area contributed by atoms with Crippen molar-refractivity contribution in [3.05, 3.63) is 35.4 Å². The molecular weight excluding hydrogens is 463 g/mol. The third-order valence-corrected chi connectivity index (χ3v) is 6.50. The predicted molar refractivity (Wildman–Crippen MR) is 118 cm³/mol. The van der Waals surface area contributed by atoms with Crippen molar-refractivity contribution >= 4 is 40.0 Å². The second-order valence-corrected chi connectivity index (χ2v) is 8.69. The zero-order valence-electron chi connectivity index (χ0n) is 15.8. The maximum Gasteiger partial charge on any atom is 0.215 e. The van der Waals surface area contributed by atoms with Crippen molar-refractivity contribution in [1.29, 1.82) is 0 Å². The molecule has 0 saturated heterocycles. The molecule has 0 radical (unpaired) electrons. The topological polar surface area (TPSA) is 82.6 Å². The monoisotopic (exact) mass is 494 g/mol.